The first-order chi connectivity index (χ1) is 6.97. The van der Waals surface area contributed by atoms with Gasteiger partial charge in [0.25, 0.3) is 0 Å². The zero-order valence-electron chi connectivity index (χ0n) is 9.03. The van der Waals surface area contributed by atoms with Gasteiger partial charge < -0.3 is 4.74 Å². The molecule has 1 heterocycles. The Labute approximate surface area is 91.1 Å². The molecule has 15 heavy (non-hydrogen) atoms. The lowest BCUT2D eigenvalue weighted by Gasteiger charge is -2.30. The maximum Gasteiger partial charge on any atom is 0.147 e. The Bertz CT molecular complexity index is 336. The van der Waals surface area contributed by atoms with E-state index in [-0.39, 0.29) is 11.2 Å². The Morgan fingerprint density at radius 3 is 2.47 bits per heavy atom. The van der Waals surface area contributed by atoms with Crippen molar-refractivity contribution in [1.29, 1.82) is 5.26 Å². The molecule has 86 valence electrons. The molecule has 1 aliphatic rings. The molecule has 5 heteroatoms. The van der Waals surface area contributed by atoms with Crippen LogP contribution < -0.4 is 0 Å². The standard InChI is InChI=1S/C10H17NO3S/c1-15(12,13)8-2-3-10(9-11)4-6-14-7-5-10/h2-8H2,1H3. The van der Waals surface area contributed by atoms with Crippen molar-refractivity contribution in [3.05, 3.63) is 0 Å². The van der Waals surface area contributed by atoms with Gasteiger partial charge in [-0.1, -0.05) is 0 Å². The van der Waals surface area contributed by atoms with Crippen LogP contribution >= 0.6 is 0 Å². The fraction of sp³-hybridized carbons (Fsp3) is 0.900. The summed E-state index contributed by atoms with van der Waals surface area (Å²) in [7, 11) is -2.90. The third-order valence-corrected chi connectivity index (χ3v) is 3.89. The fourth-order valence-corrected chi connectivity index (χ4v) is 2.52. The summed E-state index contributed by atoms with van der Waals surface area (Å²) in [6.45, 7) is 1.23. The molecule has 1 fully saturated rings. The second kappa shape index (κ2) is 4.95. The van der Waals surface area contributed by atoms with E-state index in [2.05, 4.69) is 6.07 Å². The zero-order chi connectivity index (χ0) is 11.4. The molecule has 0 aromatic heterocycles. The van der Waals surface area contributed by atoms with E-state index >= 15 is 0 Å². The van der Waals surface area contributed by atoms with Gasteiger partial charge >= 0.3 is 0 Å². The highest BCUT2D eigenvalue weighted by molar-refractivity contribution is 7.90. The summed E-state index contributed by atoms with van der Waals surface area (Å²) >= 11 is 0. The first kappa shape index (κ1) is 12.5. The molecule has 0 amide bonds. The van der Waals surface area contributed by atoms with Crippen molar-refractivity contribution < 1.29 is 13.2 Å². The van der Waals surface area contributed by atoms with Gasteiger partial charge in [0.05, 0.1) is 11.5 Å². The Morgan fingerprint density at radius 1 is 1.40 bits per heavy atom. The Morgan fingerprint density at radius 2 is 2.00 bits per heavy atom. The molecule has 0 bridgehead atoms. The number of sulfone groups is 1. The molecule has 0 N–H and O–H groups in total. The third kappa shape index (κ3) is 4.18. The number of nitrogens with zero attached hydrogens (tertiary/aromatic N) is 1. The van der Waals surface area contributed by atoms with Crippen molar-refractivity contribution in [3.63, 3.8) is 0 Å². The number of nitriles is 1. The number of hydrogen-bond donors (Lipinski definition) is 0. The van der Waals surface area contributed by atoms with Crippen LogP contribution in [0.5, 0.6) is 0 Å². The Balaban J connectivity index is 2.44. The van der Waals surface area contributed by atoms with Crippen molar-refractivity contribution in [1.82, 2.24) is 0 Å². The largest absolute Gasteiger partial charge is 0.381 e. The van der Waals surface area contributed by atoms with E-state index in [1.807, 2.05) is 0 Å². The van der Waals surface area contributed by atoms with Crippen molar-refractivity contribution in [2.45, 2.75) is 25.7 Å². The predicted molar refractivity (Wildman–Crippen MR) is 57.0 cm³/mol. The molecule has 0 aliphatic carbocycles. The Kier molecular flexibility index (Phi) is 4.12. The van der Waals surface area contributed by atoms with Crippen LogP contribution in [-0.2, 0) is 14.6 Å². The highest BCUT2D eigenvalue weighted by Crippen LogP contribution is 2.34. The van der Waals surface area contributed by atoms with E-state index in [1.54, 1.807) is 0 Å². The summed E-state index contributed by atoms with van der Waals surface area (Å²) in [5, 5.41) is 9.12. The molecule has 0 aromatic carbocycles. The van der Waals surface area contributed by atoms with E-state index in [9.17, 15) is 8.42 Å². The lowest BCUT2D eigenvalue weighted by atomic mass is 9.78. The number of ether oxygens (including phenoxy) is 1. The van der Waals surface area contributed by atoms with Gasteiger partial charge in [0, 0.05) is 25.2 Å². The average Bonchev–Trinajstić information content (AvgIpc) is 2.17. The summed E-state index contributed by atoms with van der Waals surface area (Å²) in [5.74, 6) is 0.178. The summed E-state index contributed by atoms with van der Waals surface area (Å²) in [6.07, 6.45) is 3.93. The first-order valence-electron chi connectivity index (χ1n) is 5.14. The highest BCUT2D eigenvalue weighted by Gasteiger charge is 2.32. The quantitative estimate of drug-likeness (QED) is 0.727. The molecule has 1 rings (SSSR count). The topological polar surface area (TPSA) is 67.2 Å². The van der Waals surface area contributed by atoms with Crippen LogP contribution in [0.15, 0.2) is 0 Å². The van der Waals surface area contributed by atoms with E-state index < -0.39 is 9.84 Å². The second-order valence-electron chi connectivity index (χ2n) is 4.24. The normalized spacial score (nSPS) is 20.8. The second-order valence-corrected chi connectivity index (χ2v) is 6.50. The van der Waals surface area contributed by atoms with E-state index in [1.165, 1.54) is 6.26 Å². The average molecular weight is 231 g/mol. The summed E-state index contributed by atoms with van der Waals surface area (Å²) in [4.78, 5) is 0. The molecule has 0 spiro atoms. The summed E-state index contributed by atoms with van der Waals surface area (Å²) in [5.41, 5.74) is -0.344. The van der Waals surface area contributed by atoms with E-state index in [0.29, 0.717) is 26.1 Å². The van der Waals surface area contributed by atoms with Gasteiger partial charge in [-0.2, -0.15) is 5.26 Å². The fourth-order valence-electron chi connectivity index (χ4n) is 1.85. The summed E-state index contributed by atoms with van der Waals surface area (Å²) in [6, 6.07) is 2.33. The number of rotatable bonds is 4. The predicted octanol–water partition coefficient (Wildman–Crippen LogP) is 1.13. The molecule has 4 nitrogen and oxygen atoms in total. The minimum atomic E-state index is -2.90. The minimum Gasteiger partial charge on any atom is -0.381 e. The van der Waals surface area contributed by atoms with Gasteiger partial charge in [-0.05, 0) is 25.7 Å². The van der Waals surface area contributed by atoms with Crippen LogP contribution in [0.25, 0.3) is 0 Å². The van der Waals surface area contributed by atoms with Crippen molar-refractivity contribution >= 4 is 9.84 Å². The van der Waals surface area contributed by atoms with Crippen LogP contribution in [0.3, 0.4) is 0 Å². The van der Waals surface area contributed by atoms with Crippen LogP contribution in [0, 0.1) is 16.7 Å². The van der Waals surface area contributed by atoms with Crippen LogP contribution in [-0.4, -0.2) is 33.6 Å². The van der Waals surface area contributed by atoms with E-state index in [0.717, 1.165) is 12.8 Å². The molecule has 0 atom stereocenters. The van der Waals surface area contributed by atoms with Gasteiger partial charge in [-0.3, -0.25) is 0 Å². The van der Waals surface area contributed by atoms with Gasteiger partial charge in [-0.15, -0.1) is 0 Å². The molecule has 0 aromatic rings. The zero-order valence-corrected chi connectivity index (χ0v) is 9.85. The summed E-state index contributed by atoms with van der Waals surface area (Å²) < 4.78 is 27.1. The number of hydrogen-bond acceptors (Lipinski definition) is 4. The monoisotopic (exact) mass is 231 g/mol. The molecule has 0 saturated carbocycles. The van der Waals surface area contributed by atoms with Gasteiger partial charge in [0.2, 0.25) is 0 Å². The Hall–Kier alpha value is -0.600. The van der Waals surface area contributed by atoms with Crippen molar-refractivity contribution in [3.8, 4) is 6.07 Å². The molecular weight excluding hydrogens is 214 g/mol. The first-order valence-corrected chi connectivity index (χ1v) is 7.20. The SMILES string of the molecule is CS(=O)(=O)CCCC1(C#N)CCOCC1. The van der Waals surface area contributed by atoms with Crippen LogP contribution in [0.4, 0.5) is 0 Å². The van der Waals surface area contributed by atoms with Crippen LogP contribution in [0.1, 0.15) is 25.7 Å². The van der Waals surface area contributed by atoms with Crippen LogP contribution in [0.2, 0.25) is 0 Å². The smallest absolute Gasteiger partial charge is 0.147 e. The minimum absolute atomic E-state index is 0.178. The van der Waals surface area contributed by atoms with E-state index in [4.69, 9.17) is 10.00 Å². The lowest BCUT2D eigenvalue weighted by molar-refractivity contribution is 0.0368. The van der Waals surface area contributed by atoms with Crippen molar-refractivity contribution in [2.24, 2.45) is 5.41 Å². The third-order valence-electron chi connectivity index (χ3n) is 2.86. The van der Waals surface area contributed by atoms with Crippen molar-refractivity contribution in [2.75, 3.05) is 25.2 Å². The molecule has 1 saturated heterocycles. The maximum atomic E-state index is 11.0. The lowest BCUT2D eigenvalue weighted by Crippen LogP contribution is -2.28. The molecule has 0 radical (unpaired) electrons. The van der Waals surface area contributed by atoms with Gasteiger partial charge in [0.1, 0.15) is 9.84 Å². The highest BCUT2D eigenvalue weighted by atomic mass is 32.2. The molecular formula is C10H17NO3S. The molecule has 0 unspecified atom stereocenters. The van der Waals surface area contributed by atoms with Gasteiger partial charge in [0.15, 0.2) is 0 Å². The maximum absolute atomic E-state index is 11.0. The molecule has 1 aliphatic heterocycles. The van der Waals surface area contributed by atoms with Gasteiger partial charge in [-0.25, -0.2) is 8.42 Å².